The lowest BCUT2D eigenvalue weighted by Gasteiger charge is -2.19. The molecule has 6 heteroatoms. The predicted molar refractivity (Wildman–Crippen MR) is 95.8 cm³/mol. The fourth-order valence-corrected chi connectivity index (χ4v) is 2.58. The lowest BCUT2D eigenvalue weighted by atomic mass is 9.99. The Morgan fingerprint density at radius 2 is 1.91 bits per heavy atom. The number of hydrogen-bond donors (Lipinski definition) is 2. The normalized spacial score (nSPS) is 12.2. The minimum atomic E-state index is 0.485. The Kier molecular flexibility index (Phi) is 9.36. The maximum Gasteiger partial charge on any atom is 0.191 e. The molecule has 1 heterocycles. The molecular weight excluding hydrogens is 290 g/mol. The van der Waals surface area contributed by atoms with Gasteiger partial charge in [-0.25, -0.2) is 0 Å². The molecule has 0 saturated carbocycles. The van der Waals surface area contributed by atoms with Crippen LogP contribution in [0.5, 0.6) is 0 Å². The monoisotopic (exact) mass is 323 g/mol. The van der Waals surface area contributed by atoms with Gasteiger partial charge in [-0.05, 0) is 25.9 Å². The Morgan fingerprint density at radius 3 is 2.48 bits per heavy atom. The van der Waals surface area contributed by atoms with E-state index in [4.69, 9.17) is 4.52 Å². The maximum absolute atomic E-state index is 5.42. The van der Waals surface area contributed by atoms with E-state index in [0.717, 1.165) is 56.4 Å². The molecule has 1 aromatic rings. The van der Waals surface area contributed by atoms with Crippen LogP contribution in [-0.4, -0.2) is 49.2 Å². The highest BCUT2D eigenvalue weighted by atomic mass is 16.5. The first-order chi connectivity index (χ1) is 11.2. The van der Waals surface area contributed by atoms with Crippen molar-refractivity contribution in [3.05, 3.63) is 17.5 Å². The Morgan fingerprint density at radius 1 is 1.22 bits per heavy atom. The van der Waals surface area contributed by atoms with Gasteiger partial charge >= 0.3 is 0 Å². The molecule has 0 atom stereocenters. The molecule has 0 aliphatic carbocycles. The van der Waals surface area contributed by atoms with E-state index in [0.29, 0.717) is 12.5 Å². The van der Waals surface area contributed by atoms with Crippen LogP contribution in [0.4, 0.5) is 0 Å². The van der Waals surface area contributed by atoms with Gasteiger partial charge in [0.1, 0.15) is 0 Å². The summed E-state index contributed by atoms with van der Waals surface area (Å²) in [5.74, 6) is 2.12. The van der Waals surface area contributed by atoms with Crippen LogP contribution in [0.1, 0.15) is 57.9 Å². The number of hydrogen-bond acceptors (Lipinski definition) is 4. The predicted octanol–water partition coefficient (Wildman–Crippen LogP) is 2.58. The fraction of sp³-hybridized carbons (Fsp3) is 0.765. The highest BCUT2D eigenvalue weighted by molar-refractivity contribution is 5.79. The number of guanidine groups is 1. The largest absolute Gasteiger partial charge is 0.359 e. The van der Waals surface area contributed by atoms with Crippen molar-refractivity contribution in [3.63, 3.8) is 0 Å². The number of nitrogens with zero attached hydrogens (tertiary/aromatic N) is 3. The van der Waals surface area contributed by atoms with E-state index in [2.05, 4.69) is 53.4 Å². The molecule has 0 aromatic carbocycles. The van der Waals surface area contributed by atoms with E-state index in [9.17, 15) is 0 Å². The van der Waals surface area contributed by atoms with Crippen molar-refractivity contribution in [2.45, 2.75) is 53.0 Å². The van der Waals surface area contributed by atoms with Gasteiger partial charge in [0, 0.05) is 32.1 Å². The molecule has 6 nitrogen and oxygen atoms in total. The summed E-state index contributed by atoms with van der Waals surface area (Å²) in [6.45, 7) is 13.3. The van der Waals surface area contributed by atoms with Crippen molar-refractivity contribution in [2.24, 2.45) is 4.99 Å². The lowest BCUT2D eigenvalue weighted by Crippen LogP contribution is -2.41. The van der Waals surface area contributed by atoms with Crippen LogP contribution in [0.25, 0.3) is 0 Å². The Bertz CT molecular complexity index is 450. The van der Waals surface area contributed by atoms with Gasteiger partial charge in [-0.15, -0.1) is 0 Å². The van der Waals surface area contributed by atoms with Gasteiger partial charge < -0.3 is 20.1 Å². The first-order valence-corrected chi connectivity index (χ1v) is 8.80. The molecule has 0 bridgehead atoms. The second kappa shape index (κ2) is 11.0. The molecule has 1 rings (SSSR count). The fourth-order valence-electron chi connectivity index (χ4n) is 2.58. The number of aromatic nitrogens is 1. The van der Waals surface area contributed by atoms with Crippen molar-refractivity contribution in [2.75, 3.05) is 33.2 Å². The van der Waals surface area contributed by atoms with Crippen LogP contribution in [0.3, 0.4) is 0 Å². The molecule has 0 unspecified atom stereocenters. The third-order valence-corrected chi connectivity index (χ3v) is 4.25. The van der Waals surface area contributed by atoms with Crippen molar-refractivity contribution >= 4 is 5.96 Å². The van der Waals surface area contributed by atoms with E-state index < -0.39 is 0 Å². The van der Waals surface area contributed by atoms with E-state index in [-0.39, 0.29) is 0 Å². The highest BCUT2D eigenvalue weighted by Gasteiger charge is 2.13. The van der Waals surface area contributed by atoms with Crippen LogP contribution in [0, 0.1) is 0 Å². The third kappa shape index (κ3) is 6.60. The summed E-state index contributed by atoms with van der Waals surface area (Å²) in [6, 6.07) is 2.05. The standard InChI is InChI=1S/C17H33N5O/c1-6-14(7-2)16-12-15(23-21-16)13-20-17(18-5)19-10-11-22(8-3)9-4/h12,14H,6-11,13H2,1-5H3,(H2,18,19,20). The first-order valence-electron chi connectivity index (χ1n) is 8.80. The van der Waals surface area contributed by atoms with Crippen molar-refractivity contribution in [1.29, 1.82) is 0 Å². The number of nitrogens with one attached hydrogen (secondary N) is 2. The molecule has 0 aliphatic rings. The highest BCUT2D eigenvalue weighted by Crippen LogP contribution is 2.22. The van der Waals surface area contributed by atoms with Gasteiger partial charge in [-0.3, -0.25) is 4.99 Å². The van der Waals surface area contributed by atoms with Crippen LogP contribution in [-0.2, 0) is 6.54 Å². The summed E-state index contributed by atoms with van der Waals surface area (Å²) in [5, 5.41) is 10.8. The summed E-state index contributed by atoms with van der Waals surface area (Å²) in [5.41, 5.74) is 1.05. The zero-order valence-corrected chi connectivity index (χ0v) is 15.4. The summed E-state index contributed by atoms with van der Waals surface area (Å²) in [6.07, 6.45) is 2.18. The Balaban J connectivity index is 2.40. The average molecular weight is 323 g/mol. The molecule has 1 aromatic heterocycles. The molecule has 0 saturated heterocycles. The number of aliphatic imine (C=N–C) groups is 1. The summed E-state index contributed by atoms with van der Waals surface area (Å²) in [4.78, 5) is 6.61. The van der Waals surface area contributed by atoms with Crippen LogP contribution < -0.4 is 10.6 Å². The maximum atomic E-state index is 5.42. The van der Waals surface area contributed by atoms with Crippen LogP contribution >= 0.6 is 0 Å². The van der Waals surface area contributed by atoms with Crippen molar-refractivity contribution in [3.8, 4) is 0 Å². The Hall–Kier alpha value is -1.56. The minimum Gasteiger partial charge on any atom is -0.359 e. The van der Waals surface area contributed by atoms with E-state index in [1.54, 1.807) is 7.05 Å². The zero-order chi connectivity index (χ0) is 17.1. The van der Waals surface area contributed by atoms with E-state index in [1.807, 2.05) is 6.07 Å². The second-order valence-electron chi connectivity index (χ2n) is 5.61. The smallest absolute Gasteiger partial charge is 0.191 e. The van der Waals surface area contributed by atoms with Crippen LogP contribution in [0.2, 0.25) is 0 Å². The molecular formula is C17H33N5O. The van der Waals surface area contributed by atoms with Gasteiger partial charge in [0.15, 0.2) is 11.7 Å². The Labute approximate surface area is 140 Å². The third-order valence-electron chi connectivity index (χ3n) is 4.25. The molecule has 0 aliphatic heterocycles. The first kappa shape index (κ1) is 19.5. The van der Waals surface area contributed by atoms with Crippen molar-refractivity contribution in [1.82, 2.24) is 20.7 Å². The number of likely N-dealkylation sites (N-methyl/N-ethyl adjacent to an activating group) is 1. The van der Waals surface area contributed by atoms with E-state index in [1.165, 1.54) is 0 Å². The van der Waals surface area contributed by atoms with Gasteiger partial charge in [0.05, 0.1) is 12.2 Å². The molecule has 23 heavy (non-hydrogen) atoms. The van der Waals surface area contributed by atoms with Gasteiger partial charge in [-0.1, -0.05) is 32.9 Å². The SMILES string of the molecule is CCC(CC)c1cc(CNC(=NC)NCCN(CC)CC)on1. The lowest BCUT2D eigenvalue weighted by molar-refractivity contribution is 0.308. The molecule has 0 fully saturated rings. The molecule has 0 spiro atoms. The summed E-state index contributed by atoms with van der Waals surface area (Å²) < 4.78 is 5.42. The number of rotatable bonds is 10. The molecule has 2 N–H and O–H groups in total. The van der Waals surface area contributed by atoms with Crippen molar-refractivity contribution < 1.29 is 4.52 Å². The quantitative estimate of drug-likeness (QED) is 0.512. The minimum absolute atomic E-state index is 0.485. The van der Waals surface area contributed by atoms with Gasteiger partial charge in [-0.2, -0.15) is 0 Å². The topological polar surface area (TPSA) is 65.7 Å². The van der Waals surface area contributed by atoms with Crippen LogP contribution in [0.15, 0.2) is 15.6 Å². The summed E-state index contributed by atoms with van der Waals surface area (Å²) >= 11 is 0. The molecule has 0 radical (unpaired) electrons. The van der Waals surface area contributed by atoms with E-state index >= 15 is 0 Å². The molecule has 132 valence electrons. The molecule has 0 amide bonds. The van der Waals surface area contributed by atoms with Gasteiger partial charge in [0.2, 0.25) is 0 Å². The average Bonchev–Trinajstić information content (AvgIpc) is 3.04. The second-order valence-corrected chi connectivity index (χ2v) is 5.61. The summed E-state index contributed by atoms with van der Waals surface area (Å²) in [7, 11) is 1.78. The zero-order valence-electron chi connectivity index (χ0n) is 15.4. The van der Waals surface area contributed by atoms with Gasteiger partial charge in [0.25, 0.3) is 0 Å².